The van der Waals surface area contributed by atoms with Crippen LogP contribution >= 0.6 is 11.3 Å². The Kier molecular flexibility index (Phi) is 4.92. The molecule has 0 bridgehead atoms. The maximum absolute atomic E-state index is 12.6. The molecule has 6 nitrogen and oxygen atoms in total. The maximum Gasteiger partial charge on any atom is 0.305 e. The zero-order chi connectivity index (χ0) is 15.8. The highest BCUT2D eigenvalue weighted by Gasteiger charge is 2.33. The first kappa shape index (κ1) is 16.7. The Morgan fingerprint density at radius 2 is 1.90 bits per heavy atom. The number of rotatable bonds is 4. The van der Waals surface area contributed by atoms with E-state index in [2.05, 4.69) is 23.7 Å². The molecule has 2 heterocycles. The minimum Gasteiger partial charge on any atom is -0.315 e. The molecule has 1 N–H and O–H groups in total. The number of nitrogens with zero attached hydrogens (tertiary/aromatic N) is 2. The van der Waals surface area contributed by atoms with E-state index in [0.717, 1.165) is 37.3 Å². The normalized spacial score (nSPS) is 18.8. The fraction of sp³-hybridized carbons (Fsp3) is 0.769. The number of hydrogen-bond acceptors (Lipinski definition) is 5. The Bertz CT molecular complexity index is 640. The monoisotopic (exact) mass is 333 g/mol. The number of H-pyrrole nitrogens is 1. The van der Waals surface area contributed by atoms with E-state index in [0.29, 0.717) is 11.7 Å². The lowest BCUT2D eigenvalue weighted by atomic mass is 10.0. The van der Waals surface area contributed by atoms with Crippen LogP contribution in [-0.4, -0.2) is 54.8 Å². The number of piperidine rings is 1. The molecule has 1 fully saturated rings. The van der Waals surface area contributed by atoms with Crippen LogP contribution in [0.1, 0.15) is 32.4 Å². The van der Waals surface area contributed by atoms with Gasteiger partial charge in [-0.05, 0) is 46.7 Å². The van der Waals surface area contributed by atoms with Crippen LogP contribution in [0.15, 0.2) is 9.00 Å². The molecule has 120 valence electrons. The third-order valence-electron chi connectivity index (χ3n) is 4.14. The van der Waals surface area contributed by atoms with Crippen LogP contribution in [0, 0.1) is 6.92 Å². The van der Waals surface area contributed by atoms with Crippen molar-refractivity contribution in [2.24, 2.45) is 0 Å². The highest BCUT2D eigenvalue weighted by atomic mass is 32.2. The molecule has 0 unspecified atom stereocenters. The smallest absolute Gasteiger partial charge is 0.305 e. The van der Waals surface area contributed by atoms with Crippen molar-refractivity contribution >= 4 is 21.4 Å². The van der Waals surface area contributed by atoms with Crippen molar-refractivity contribution < 1.29 is 8.42 Å². The zero-order valence-corrected chi connectivity index (χ0v) is 14.6. The van der Waals surface area contributed by atoms with Gasteiger partial charge in [0.05, 0.1) is 0 Å². The number of aromatic nitrogens is 1. The van der Waals surface area contributed by atoms with Gasteiger partial charge in [0, 0.05) is 24.8 Å². The second kappa shape index (κ2) is 6.20. The molecule has 0 spiro atoms. The summed E-state index contributed by atoms with van der Waals surface area (Å²) in [6, 6.07) is 0.492. The third-order valence-corrected chi connectivity index (χ3v) is 7.63. The Hall–Kier alpha value is -0.700. The Morgan fingerprint density at radius 1 is 1.33 bits per heavy atom. The summed E-state index contributed by atoms with van der Waals surface area (Å²) < 4.78 is 26.9. The number of aromatic amines is 1. The lowest BCUT2D eigenvalue weighted by Gasteiger charge is -2.37. The predicted molar refractivity (Wildman–Crippen MR) is 84.4 cm³/mol. The van der Waals surface area contributed by atoms with E-state index in [1.54, 1.807) is 14.0 Å². The molecular weight excluding hydrogens is 310 g/mol. The van der Waals surface area contributed by atoms with Crippen molar-refractivity contribution in [1.29, 1.82) is 0 Å². The average molecular weight is 333 g/mol. The minimum absolute atomic E-state index is 0.00148. The highest BCUT2D eigenvalue weighted by Crippen LogP contribution is 2.26. The lowest BCUT2D eigenvalue weighted by molar-refractivity contribution is 0.140. The van der Waals surface area contributed by atoms with Gasteiger partial charge in [-0.2, -0.15) is 4.31 Å². The van der Waals surface area contributed by atoms with Gasteiger partial charge in [0.2, 0.25) is 0 Å². The van der Waals surface area contributed by atoms with E-state index >= 15 is 0 Å². The fourth-order valence-electron chi connectivity index (χ4n) is 2.73. The molecule has 0 atom stereocenters. The van der Waals surface area contributed by atoms with Gasteiger partial charge in [0.1, 0.15) is 0 Å². The first-order chi connectivity index (χ1) is 9.73. The maximum atomic E-state index is 12.6. The summed E-state index contributed by atoms with van der Waals surface area (Å²) in [6.07, 6.45) is 1.65. The molecule has 1 aliphatic rings. The molecule has 1 aromatic heterocycles. The van der Waals surface area contributed by atoms with Gasteiger partial charge in [-0.15, -0.1) is 0 Å². The van der Waals surface area contributed by atoms with E-state index in [1.165, 1.54) is 4.31 Å². The first-order valence-electron chi connectivity index (χ1n) is 7.15. The Morgan fingerprint density at radius 3 is 2.33 bits per heavy atom. The Balaban J connectivity index is 2.15. The van der Waals surface area contributed by atoms with Crippen molar-refractivity contribution in [2.75, 3.05) is 20.1 Å². The standard InChI is InChI=1S/C13H23N3O3S2/c1-9(2)16-7-5-11(6-8-16)15(4)21(18,19)12-10(3)14-13(17)20-12/h9,11H,5-8H2,1-4H3,(H,14,17). The van der Waals surface area contributed by atoms with Crippen LogP contribution in [0.5, 0.6) is 0 Å². The number of sulfonamides is 1. The van der Waals surface area contributed by atoms with Crippen LogP contribution < -0.4 is 4.87 Å². The van der Waals surface area contributed by atoms with Gasteiger partial charge in [-0.3, -0.25) is 4.79 Å². The molecule has 21 heavy (non-hydrogen) atoms. The third kappa shape index (κ3) is 3.39. The van der Waals surface area contributed by atoms with E-state index in [9.17, 15) is 13.2 Å². The molecule has 2 rings (SSSR count). The fourth-order valence-corrected chi connectivity index (χ4v) is 5.61. The van der Waals surface area contributed by atoms with Gasteiger partial charge < -0.3 is 9.88 Å². The van der Waals surface area contributed by atoms with Gasteiger partial charge in [0.15, 0.2) is 4.21 Å². The summed E-state index contributed by atoms with van der Waals surface area (Å²) >= 11 is 0.768. The summed E-state index contributed by atoms with van der Waals surface area (Å²) in [6.45, 7) is 7.75. The van der Waals surface area contributed by atoms with Crippen molar-refractivity contribution in [2.45, 2.75) is 49.9 Å². The molecule has 0 amide bonds. The zero-order valence-electron chi connectivity index (χ0n) is 12.9. The first-order valence-corrected chi connectivity index (χ1v) is 9.41. The van der Waals surface area contributed by atoms with Crippen LogP contribution in [0.3, 0.4) is 0 Å². The minimum atomic E-state index is -3.58. The number of thiazole rings is 1. The van der Waals surface area contributed by atoms with Gasteiger partial charge in [0.25, 0.3) is 10.0 Å². The summed E-state index contributed by atoms with van der Waals surface area (Å²) in [4.78, 5) is 15.9. The molecule has 1 aliphatic heterocycles. The van der Waals surface area contributed by atoms with E-state index in [4.69, 9.17) is 0 Å². The van der Waals surface area contributed by atoms with Crippen LogP contribution in [0.2, 0.25) is 0 Å². The number of nitrogens with one attached hydrogen (secondary N) is 1. The number of hydrogen-bond donors (Lipinski definition) is 1. The summed E-state index contributed by atoms with van der Waals surface area (Å²) in [5.41, 5.74) is 0.427. The molecule has 1 aromatic rings. The van der Waals surface area contributed by atoms with E-state index in [1.807, 2.05) is 0 Å². The van der Waals surface area contributed by atoms with Crippen LogP contribution in [0.4, 0.5) is 0 Å². The molecule has 0 aromatic carbocycles. The molecule has 0 radical (unpaired) electrons. The second-order valence-corrected chi connectivity index (χ2v) is 8.99. The summed E-state index contributed by atoms with van der Waals surface area (Å²) in [5, 5.41) is 0. The second-order valence-electron chi connectivity index (χ2n) is 5.81. The summed E-state index contributed by atoms with van der Waals surface area (Å²) in [5.74, 6) is 0. The molecule has 8 heteroatoms. The topological polar surface area (TPSA) is 73.5 Å². The SMILES string of the molecule is Cc1[nH]c(=O)sc1S(=O)(=O)N(C)C1CCN(C(C)C)CC1. The van der Waals surface area contributed by atoms with Crippen molar-refractivity contribution in [3.63, 3.8) is 0 Å². The highest BCUT2D eigenvalue weighted by molar-refractivity contribution is 7.91. The van der Waals surface area contributed by atoms with E-state index in [-0.39, 0.29) is 15.1 Å². The van der Waals surface area contributed by atoms with Crippen molar-refractivity contribution in [3.8, 4) is 0 Å². The van der Waals surface area contributed by atoms with Gasteiger partial charge >= 0.3 is 4.87 Å². The van der Waals surface area contributed by atoms with Crippen LogP contribution in [0.25, 0.3) is 0 Å². The Labute approximate surface area is 129 Å². The largest absolute Gasteiger partial charge is 0.315 e. The van der Waals surface area contributed by atoms with Crippen molar-refractivity contribution in [1.82, 2.24) is 14.2 Å². The number of likely N-dealkylation sites (tertiary alicyclic amines) is 1. The van der Waals surface area contributed by atoms with Gasteiger partial charge in [-0.25, -0.2) is 8.42 Å². The molecule has 1 saturated heterocycles. The summed E-state index contributed by atoms with van der Waals surface area (Å²) in [7, 11) is -1.96. The predicted octanol–water partition coefficient (Wildman–Crippen LogP) is 1.24. The van der Waals surface area contributed by atoms with E-state index < -0.39 is 10.0 Å². The molecular formula is C13H23N3O3S2. The quantitative estimate of drug-likeness (QED) is 0.900. The van der Waals surface area contributed by atoms with Crippen LogP contribution in [-0.2, 0) is 10.0 Å². The number of aryl methyl sites for hydroxylation is 1. The van der Waals surface area contributed by atoms with Gasteiger partial charge in [-0.1, -0.05) is 11.3 Å². The molecule has 0 saturated carbocycles. The molecule has 0 aliphatic carbocycles. The van der Waals surface area contributed by atoms with Crippen molar-refractivity contribution in [3.05, 3.63) is 15.4 Å². The average Bonchev–Trinajstić information content (AvgIpc) is 2.77. The lowest BCUT2D eigenvalue weighted by Crippen LogP contribution is -2.47.